The van der Waals surface area contributed by atoms with Crippen LogP contribution in [0.25, 0.3) is 0 Å². The van der Waals surface area contributed by atoms with E-state index in [0.717, 1.165) is 11.1 Å². The first-order chi connectivity index (χ1) is 10.1. The Hall–Kier alpha value is -0.860. The highest BCUT2D eigenvalue weighted by atomic mass is 35.5. The van der Waals surface area contributed by atoms with Gasteiger partial charge in [-0.2, -0.15) is 0 Å². The molecule has 0 aromatic heterocycles. The Balaban J connectivity index is 3.30. The largest absolute Gasteiger partial charge is 0.278 e. The highest BCUT2D eigenvalue weighted by molar-refractivity contribution is 7.89. The summed E-state index contributed by atoms with van der Waals surface area (Å²) in [6, 6.07) is 2.37. The molecule has 1 rings (SSSR count). The summed E-state index contributed by atoms with van der Waals surface area (Å²) in [5, 5.41) is 0.923. The second kappa shape index (κ2) is 7.61. The number of carbonyl (C=O) groups is 1. The first-order valence-corrected chi connectivity index (χ1v) is 8.65. The molecule has 0 saturated heterocycles. The summed E-state index contributed by atoms with van der Waals surface area (Å²) >= 11 is 11.9. The van der Waals surface area contributed by atoms with Crippen LogP contribution in [0.15, 0.2) is 17.0 Å². The van der Waals surface area contributed by atoms with Crippen LogP contribution >= 0.6 is 23.2 Å². The van der Waals surface area contributed by atoms with Crippen LogP contribution in [-0.2, 0) is 14.9 Å². The molecule has 9 heteroatoms. The Morgan fingerprint density at radius 1 is 1.32 bits per heavy atom. The molecule has 124 valence electrons. The second-order valence-corrected chi connectivity index (χ2v) is 7.54. The zero-order chi connectivity index (χ0) is 17.1. The summed E-state index contributed by atoms with van der Waals surface area (Å²) in [5.41, 5.74) is -0.0136. The number of halogens is 2. The molecule has 1 N–H and O–H groups in total. The number of hydrogen-bond donors (Lipinski definition) is 1. The monoisotopic (exact) mass is 368 g/mol. The third kappa shape index (κ3) is 4.57. The van der Waals surface area contributed by atoms with Crippen LogP contribution in [0.4, 0.5) is 0 Å². The predicted molar refractivity (Wildman–Crippen MR) is 85.6 cm³/mol. The van der Waals surface area contributed by atoms with E-state index in [1.807, 2.05) is 13.8 Å². The minimum absolute atomic E-state index is 0.0136. The zero-order valence-corrected chi connectivity index (χ0v) is 15.0. The third-order valence-electron chi connectivity index (χ3n) is 2.78. The fourth-order valence-electron chi connectivity index (χ4n) is 1.51. The molecule has 0 aliphatic rings. The molecule has 0 radical (unpaired) electrons. The minimum Gasteiger partial charge on any atom is -0.274 e. The minimum atomic E-state index is -3.84. The molecule has 22 heavy (non-hydrogen) atoms. The van der Waals surface area contributed by atoms with Crippen molar-refractivity contribution in [1.29, 1.82) is 0 Å². The lowest BCUT2D eigenvalue weighted by atomic mass is 10.2. The number of hydrogen-bond acceptors (Lipinski definition) is 4. The molecule has 0 spiro atoms. The molecule has 1 aromatic carbocycles. The van der Waals surface area contributed by atoms with Gasteiger partial charge in [0.05, 0.1) is 22.7 Å². The standard InChI is InChI=1S/C13H18Cl2N2O4S/c1-8(2)7-16-22(19,20)12-5-9(10(14)6-11(12)15)13(18)17(3)21-4/h5-6,8,16H,7H2,1-4H3. The maximum Gasteiger partial charge on any atom is 0.278 e. The second-order valence-electron chi connectivity index (χ2n) is 4.99. The van der Waals surface area contributed by atoms with Crippen molar-refractivity contribution in [2.45, 2.75) is 18.7 Å². The quantitative estimate of drug-likeness (QED) is 0.782. The molecular weight excluding hydrogens is 351 g/mol. The third-order valence-corrected chi connectivity index (χ3v) is 4.98. The summed E-state index contributed by atoms with van der Waals surface area (Å²) in [6.45, 7) is 3.99. The summed E-state index contributed by atoms with van der Waals surface area (Å²) in [6.07, 6.45) is 0. The van der Waals surface area contributed by atoms with Crippen LogP contribution < -0.4 is 4.72 Å². The lowest BCUT2D eigenvalue weighted by Crippen LogP contribution is -2.29. The van der Waals surface area contributed by atoms with Gasteiger partial charge in [-0.25, -0.2) is 18.2 Å². The van der Waals surface area contributed by atoms with E-state index < -0.39 is 15.9 Å². The topological polar surface area (TPSA) is 75.7 Å². The average molecular weight is 369 g/mol. The van der Waals surface area contributed by atoms with Crippen LogP contribution in [0.1, 0.15) is 24.2 Å². The Morgan fingerprint density at radius 3 is 2.41 bits per heavy atom. The first kappa shape index (κ1) is 19.2. The average Bonchev–Trinajstić information content (AvgIpc) is 2.43. The van der Waals surface area contributed by atoms with Crippen LogP contribution in [-0.4, -0.2) is 40.1 Å². The summed E-state index contributed by atoms with van der Waals surface area (Å²) < 4.78 is 27.0. The van der Waals surface area contributed by atoms with Crippen molar-refractivity contribution < 1.29 is 18.0 Å². The van der Waals surface area contributed by atoms with E-state index in [9.17, 15) is 13.2 Å². The van der Waals surface area contributed by atoms with E-state index in [2.05, 4.69) is 4.72 Å². The molecule has 0 heterocycles. The van der Waals surface area contributed by atoms with Crippen molar-refractivity contribution in [2.24, 2.45) is 5.92 Å². The predicted octanol–water partition coefficient (Wildman–Crippen LogP) is 2.56. The van der Waals surface area contributed by atoms with Crippen molar-refractivity contribution in [1.82, 2.24) is 9.79 Å². The maximum atomic E-state index is 12.3. The van der Waals surface area contributed by atoms with Crippen LogP contribution in [0.2, 0.25) is 10.0 Å². The number of sulfonamides is 1. The Bertz CT molecular complexity index is 662. The lowest BCUT2D eigenvalue weighted by molar-refractivity contribution is -0.0757. The SMILES string of the molecule is CON(C)C(=O)c1cc(S(=O)(=O)NCC(C)C)c(Cl)cc1Cl. The van der Waals surface area contributed by atoms with Crippen molar-refractivity contribution in [3.63, 3.8) is 0 Å². The number of hydroxylamine groups is 2. The smallest absolute Gasteiger partial charge is 0.274 e. The molecule has 0 saturated carbocycles. The van der Waals surface area contributed by atoms with Gasteiger partial charge in [0.2, 0.25) is 10.0 Å². The van der Waals surface area contributed by atoms with Crippen LogP contribution in [0.3, 0.4) is 0 Å². The number of rotatable bonds is 6. The van der Waals surface area contributed by atoms with E-state index in [1.165, 1.54) is 20.2 Å². The van der Waals surface area contributed by atoms with E-state index in [-0.39, 0.29) is 33.0 Å². The van der Waals surface area contributed by atoms with Gasteiger partial charge < -0.3 is 0 Å². The molecule has 1 amide bonds. The number of amides is 1. The number of nitrogens with one attached hydrogen (secondary N) is 1. The van der Waals surface area contributed by atoms with E-state index in [4.69, 9.17) is 28.0 Å². The fraction of sp³-hybridized carbons (Fsp3) is 0.462. The Morgan fingerprint density at radius 2 is 1.91 bits per heavy atom. The molecule has 0 atom stereocenters. The van der Waals surface area contributed by atoms with Gasteiger partial charge in [0.15, 0.2) is 0 Å². The van der Waals surface area contributed by atoms with Gasteiger partial charge >= 0.3 is 0 Å². The maximum absolute atomic E-state index is 12.3. The van der Waals surface area contributed by atoms with Crippen molar-refractivity contribution in [3.8, 4) is 0 Å². The van der Waals surface area contributed by atoms with Crippen LogP contribution in [0, 0.1) is 5.92 Å². The van der Waals surface area contributed by atoms with E-state index >= 15 is 0 Å². The van der Waals surface area contributed by atoms with Gasteiger partial charge in [0, 0.05) is 13.6 Å². The molecule has 0 unspecified atom stereocenters. The molecule has 0 fully saturated rings. The van der Waals surface area contributed by atoms with E-state index in [1.54, 1.807) is 0 Å². The molecule has 1 aromatic rings. The highest BCUT2D eigenvalue weighted by Gasteiger charge is 2.24. The first-order valence-electron chi connectivity index (χ1n) is 6.41. The number of carbonyl (C=O) groups excluding carboxylic acids is 1. The summed E-state index contributed by atoms with van der Waals surface area (Å²) in [4.78, 5) is 16.7. The van der Waals surface area contributed by atoms with Gasteiger partial charge in [-0.15, -0.1) is 0 Å². The van der Waals surface area contributed by atoms with Crippen molar-refractivity contribution in [2.75, 3.05) is 20.7 Å². The molecule has 0 bridgehead atoms. The highest BCUT2D eigenvalue weighted by Crippen LogP contribution is 2.29. The Labute approximate surface area is 140 Å². The van der Waals surface area contributed by atoms with Gasteiger partial charge in [0.1, 0.15) is 4.90 Å². The summed E-state index contributed by atoms with van der Waals surface area (Å²) in [7, 11) is -1.15. The molecule has 0 aliphatic heterocycles. The molecule has 6 nitrogen and oxygen atoms in total. The Kier molecular flexibility index (Phi) is 6.64. The van der Waals surface area contributed by atoms with Gasteiger partial charge in [-0.1, -0.05) is 37.0 Å². The normalized spacial score (nSPS) is 11.8. The van der Waals surface area contributed by atoms with Gasteiger partial charge in [-0.3, -0.25) is 9.63 Å². The van der Waals surface area contributed by atoms with Crippen LogP contribution in [0.5, 0.6) is 0 Å². The summed E-state index contributed by atoms with van der Waals surface area (Å²) in [5.74, 6) is -0.453. The fourth-order valence-corrected chi connectivity index (χ4v) is 3.57. The van der Waals surface area contributed by atoms with Gasteiger partial charge in [-0.05, 0) is 18.1 Å². The van der Waals surface area contributed by atoms with E-state index in [0.29, 0.717) is 0 Å². The van der Waals surface area contributed by atoms with Crippen molar-refractivity contribution in [3.05, 3.63) is 27.7 Å². The van der Waals surface area contributed by atoms with Crippen molar-refractivity contribution >= 4 is 39.1 Å². The lowest BCUT2D eigenvalue weighted by Gasteiger charge is -2.16. The van der Waals surface area contributed by atoms with Gasteiger partial charge in [0.25, 0.3) is 5.91 Å². The molecular formula is C13H18Cl2N2O4S. The number of nitrogens with zero attached hydrogens (tertiary/aromatic N) is 1. The number of benzene rings is 1. The molecule has 0 aliphatic carbocycles. The zero-order valence-electron chi connectivity index (χ0n) is 12.7.